The zero-order chi connectivity index (χ0) is 12.7. The highest BCUT2D eigenvalue weighted by molar-refractivity contribution is 6.30. The van der Waals surface area contributed by atoms with Crippen LogP contribution in [0.15, 0.2) is 48.5 Å². The highest BCUT2D eigenvalue weighted by Crippen LogP contribution is 2.12. The Hall–Kier alpha value is -1.51. The number of aldehydes is 1. The maximum atomic E-state index is 10.1. The summed E-state index contributed by atoms with van der Waals surface area (Å²) in [5.41, 5.74) is 0.652. The number of carbonyl (C=O) groups excluding carboxylic acids is 1. The first kappa shape index (κ1) is 13.6. The molecule has 0 radical (unpaired) electrons. The molecule has 2 aromatic rings. The molecule has 0 atom stereocenters. The molecular weight excluding hydrogens is 259 g/mol. The van der Waals surface area contributed by atoms with E-state index in [0.717, 1.165) is 6.29 Å². The lowest BCUT2D eigenvalue weighted by Crippen LogP contribution is -1.74. The van der Waals surface area contributed by atoms with Crippen molar-refractivity contribution in [2.75, 3.05) is 0 Å². The summed E-state index contributed by atoms with van der Waals surface area (Å²) in [6.45, 7) is 0. The van der Waals surface area contributed by atoms with Crippen LogP contribution in [-0.4, -0.2) is 11.4 Å². The lowest BCUT2D eigenvalue weighted by Gasteiger charge is -1.87. The molecule has 0 aliphatic carbocycles. The van der Waals surface area contributed by atoms with Gasteiger partial charge >= 0.3 is 0 Å². The molecule has 4 heteroatoms. The molecule has 0 aliphatic rings. The number of halogens is 2. The van der Waals surface area contributed by atoms with Crippen LogP contribution in [-0.2, 0) is 0 Å². The fraction of sp³-hybridized carbons (Fsp3) is 0. The fourth-order valence-corrected chi connectivity index (χ4v) is 1.23. The first-order valence-corrected chi connectivity index (χ1v) is 5.52. The summed E-state index contributed by atoms with van der Waals surface area (Å²) < 4.78 is 0. The lowest BCUT2D eigenvalue weighted by atomic mass is 10.2. The van der Waals surface area contributed by atoms with Gasteiger partial charge in [0.2, 0.25) is 0 Å². The van der Waals surface area contributed by atoms with Crippen molar-refractivity contribution >= 4 is 29.5 Å². The maximum absolute atomic E-state index is 10.1. The maximum Gasteiger partial charge on any atom is 0.150 e. The average Bonchev–Trinajstić information content (AvgIpc) is 2.35. The Morgan fingerprint density at radius 3 is 1.59 bits per heavy atom. The SMILES string of the molecule is O=Cc1ccc(Cl)cc1.Oc1ccc(Cl)cc1. The van der Waals surface area contributed by atoms with Gasteiger partial charge in [-0.2, -0.15) is 0 Å². The van der Waals surface area contributed by atoms with E-state index in [4.69, 9.17) is 28.3 Å². The molecule has 2 nitrogen and oxygen atoms in total. The molecule has 0 saturated carbocycles. The van der Waals surface area contributed by atoms with Crippen LogP contribution in [0.3, 0.4) is 0 Å². The Labute approximate surface area is 109 Å². The summed E-state index contributed by atoms with van der Waals surface area (Å²) in [5.74, 6) is 0.245. The number of phenols is 1. The van der Waals surface area contributed by atoms with Crippen LogP contribution in [0, 0.1) is 0 Å². The van der Waals surface area contributed by atoms with Crippen molar-refractivity contribution in [1.82, 2.24) is 0 Å². The van der Waals surface area contributed by atoms with Gasteiger partial charge in [0.15, 0.2) is 0 Å². The number of hydrogen-bond acceptors (Lipinski definition) is 2. The largest absolute Gasteiger partial charge is 0.508 e. The summed E-state index contributed by atoms with van der Waals surface area (Å²) in [7, 11) is 0. The van der Waals surface area contributed by atoms with E-state index in [9.17, 15) is 4.79 Å². The Kier molecular flexibility index (Phi) is 5.53. The summed E-state index contributed by atoms with van der Waals surface area (Å²) in [6.07, 6.45) is 0.788. The number of phenolic OH excluding ortho intramolecular Hbond substituents is 1. The van der Waals surface area contributed by atoms with Gasteiger partial charge in [-0.3, -0.25) is 4.79 Å². The van der Waals surface area contributed by atoms with Crippen molar-refractivity contribution in [3.05, 3.63) is 64.1 Å². The first-order valence-electron chi connectivity index (χ1n) is 4.77. The molecule has 0 bridgehead atoms. The Bertz CT molecular complexity index is 443. The molecule has 0 saturated heterocycles. The van der Waals surface area contributed by atoms with Gasteiger partial charge in [-0.05, 0) is 36.4 Å². The van der Waals surface area contributed by atoms with Gasteiger partial charge < -0.3 is 5.11 Å². The molecule has 2 rings (SSSR count). The lowest BCUT2D eigenvalue weighted by molar-refractivity contribution is 0.112. The van der Waals surface area contributed by atoms with Gasteiger partial charge in [0.1, 0.15) is 12.0 Å². The predicted molar refractivity (Wildman–Crippen MR) is 70.0 cm³/mol. The van der Waals surface area contributed by atoms with E-state index in [2.05, 4.69) is 0 Å². The molecule has 1 N–H and O–H groups in total. The second kappa shape index (κ2) is 6.94. The van der Waals surface area contributed by atoms with Crippen molar-refractivity contribution in [2.24, 2.45) is 0 Å². The zero-order valence-electron chi connectivity index (χ0n) is 8.81. The quantitative estimate of drug-likeness (QED) is 0.788. The molecule has 0 aliphatic heterocycles. The molecule has 0 aromatic heterocycles. The van der Waals surface area contributed by atoms with Crippen molar-refractivity contribution in [3.63, 3.8) is 0 Å². The van der Waals surface area contributed by atoms with E-state index in [-0.39, 0.29) is 5.75 Å². The molecule has 0 amide bonds. The van der Waals surface area contributed by atoms with E-state index < -0.39 is 0 Å². The van der Waals surface area contributed by atoms with Crippen LogP contribution in [0.4, 0.5) is 0 Å². The summed E-state index contributed by atoms with van der Waals surface area (Å²) >= 11 is 11.1. The minimum absolute atomic E-state index is 0.245. The number of benzene rings is 2. The van der Waals surface area contributed by atoms with Crippen LogP contribution in [0.2, 0.25) is 10.0 Å². The highest BCUT2D eigenvalue weighted by Gasteiger charge is 1.86. The molecule has 0 heterocycles. The normalized spacial score (nSPS) is 9.06. The van der Waals surface area contributed by atoms with Gasteiger partial charge in [0, 0.05) is 15.6 Å². The Morgan fingerprint density at radius 2 is 1.24 bits per heavy atom. The van der Waals surface area contributed by atoms with Gasteiger partial charge in [-0.1, -0.05) is 35.3 Å². The van der Waals surface area contributed by atoms with Crippen LogP contribution in [0.1, 0.15) is 10.4 Å². The Balaban J connectivity index is 0.000000171. The topological polar surface area (TPSA) is 37.3 Å². The zero-order valence-corrected chi connectivity index (χ0v) is 10.3. The third-order valence-electron chi connectivity index (χ3n) is 1.83. The van der Waals surface area contributed by atoms with E-state index >= 15 is 0 Å². The molecule has 0 unspecified atom stereocenters. The summed E-state index contributed by atoms with van der Waals surface area (Å²) in [4.78, 5) is 10.1. The average molecular weight is 269 g/mol. The van der Waals surface area contributed by atoms with Crippen molar-refractivity contribution < 1.29 is 9.90 Å². The molecule has 2 aromatic carbocycles. The summed E-state index contributed by atoms with van der Waals surface area (Å²) in [6, 6.07) is 13.1. The number of hydrogen-bond donors (Lipinski definition) is 1. The minimum Gasteiger partial charge on any atom is -0.508 e. The number of aromatic hydroxyl groups is 1. The first-order chi connectivity index (χ1) is 8.11. The molecule has 88 valence electrons. The van der Waals surface area contributed by atoms with Crippen molar-refractivity contribution in [3.8, 4) is 5.75 Å². The van der Waals surface area contributed by atoms with E-state index in [1.807, 2.05) is 0 Å². The molecule has 17 heavy (non-hydrogen) atoms. The third kappa shape index (κ3) is 5.38. The van der Waals surface area contributed by atoms with Crippen molar-refractivity contribution in [1.29, 1.82) is 0 Å². The van der Waals surface area contributed by atoms with Crippen LogP contribution in [0.25, 0.3) is 0 Å². The molecular formula is C13H10Cl2O2. The summed E-state index contributed by atoms with van der Waals surface area (Å²) in [5, 5.41) is 9.99. The Morgan fingerprint density at radius 1 is 0.824 bits per heavy atom. The predicted octanol–water partition coefficient (Wildman–Crippen LogP) is 4.20. The van der Waals surface area contributed by atoms with E-state index in [1.165, 1.54) is 0 Å². The number of rotatable bonds is 1. The third-order valence-corrected chi connectivity index (χ3v) is 2.34. The van der Waals surface area contributed by atoms with Crippen LogP contribution < -0.4 is 0 Å². The van der Waals surface area contributed by atoms with Gasteiger partial charge in [0.25, 0.3) is 0 Å². The van der Waals surface area contributed by atoms with Crippen molar-refractivity contribution in [2.45, 2.75) is 0 Å². The minimum atomic E-state index is 0.245. The molecule has 0 fully saturated rings. The monoisotopic (exact) mass is 268 g/mol. The van der Waals surface area contributed by atoms with Gasteiger partial charge in [0.05, 0.1) is 0 Å². The van der Waals surface area contributed by atoms with E-state index in [0.29, 0.717) is 15.6 Å². The second-order valence-electron chi connectivity index (χ2n) is 3.15. The highest BCUT2D eigenvalue weighted by atomic mass is 35.5. The smallest absolute Gasteiger partial charge is 0.150 e. The van der Waals surface area contributed by atoms with Gasteiger partial charge in [-0.15, -0.1) is 0 Å². The fourth-order valence-electron chi connectivity index (χ4n) is 0.982. The number of carbonyl (C=O) groups is 1. The van der Waals surface area contributed by atoms with E-state index in [1.54, 1.807) is 48.5 Å². The van der Waals surface area contributed by atoms with Gasteiger partial charge in [-0.25, -0.2) is 0 Å². The van der Waals surface area contributed by atoms with Crippen LogP contribution >= 0.6 is 23.2 Å². The van der Waals surface area contributed by atoms with Crippen LogP contribution in [0.5, 0.6) is 5.75 Å². The standard InChI is InChI=1S/C7H5ClO.C6H5ClO/c8-7-3-1-6(5-9)2-4-7;7-5-1-3-6(8)4-2-5/h1-5H;1-4,8H. The second-order valence-corrected chi connectivity index (χ2v) is 4.02. The molecule has 0 spiro atoms.